The fourth-order valence-electron chi connectivity index (χ4n) is 2.47. The van der Waals surface area contributed by atoms with E-state index in [0.29, 0.717) is 5.75 Å². The number of nitrogens with one attached hydrogen (secondary N) is 1. The van der Waals surface area contributed by atoms with Gasteiger partial charge in [0.15, 0.2) is 6.61 Å². The molecule has 3 rings (SSSR count). The number of ether oxygens (including phenoxy) is 1. The molecule has 1 N–H and O–H groups in total. The predicted molar refractivity (Wildman–Crippen MR) is 99.2 cm³/mol. The van der Waals surface area contributed by atoms with Crippen molar-refractivity contribution in [2.24, 2.45) is 0 Å². The van der Waals surface area contributed by atoms with Crippen molar-refractivity contribution in [3.05, 3.63) is 78.4 Å². The van der Waals surface area contributed by atoms with Crippen LogP contribution in [0.2, 0.25) is 0 Å². The summed E-state index contributed by atoms with van der Waals surface area (Å²) in [6.07, 6.45) is 3.22. The van der Waals surface area contributed by atoms with Crippen LogP contribution in [0.1, 0.15) is 5.56 Å². The molecular formula is C21H16N2O2. The fourth-order valence-corrected chi connectivity index (χ4v) is 2.47. The smallest absolute Gasteiger partial charge is 0.248 e. The Kier molecular flexibility index (Phi) is 5.08. The zero-order valence-corrected chi connectivity index (χ0v) is 13.5. The van der Waals surface area contributed by atoms with Crippen molar-refractivity contribution in [1.29, 1.82) is 5.26 Å². The number of nitrogens with zero attached hydrogens (tertiary/aromatic N) is 1. The molecule has 0 aliphatic carbocycles. The van der Waals surface area contributed by atoms with Crippen LogP contribution in [0.25, 0.3) is 16.8 Å². The number of benzene rings is 3. The van der Waals surface area contributed by atoms with E-state index in [-0.39, 0.29) is 12.5 Å². The molecule has 0 aromatic heterocycles. The normalized spacial score (nSPS) is 10.5. The zero-order valence-electron chi connectivity index (χ0n) is 13.5. The number of fused-ring (bicyclic) bond motifs is 1. The first kappa shape index (κ1) is 16.3. The number of anilines is 1. The molecular weight excluding hydrogens is 312 g/mol. The van der Waals surface area contributed by atoms with Crippen LogP contribution in [0, 0.1) is 11.3 Å². The minimum atomic E-state index is -0.193. The molecule has 0 radical (unpaired) electrons. The van der Waals surface area contributed by atoms with E-state index in [0.717, 1.165) is 22.0 Å². The Morgan fingerprint density at radius 2 is 1.80 bits per heavy atom. The molecule has 0 heterocycles. The molecule has 0 fully saturated rings. The largest absolute Gasteiger partial charge is 0.479 e. The number of amides is 1. The Bertz CT molecular complexity index is 948. The van der Waals surface area contributed by atoms with Gasteiger partial charge in [-0.1, -0.05) is 48.5 Å². The summed E-state index contributed by atoms with van der Waals surface area (Å²) in [5.41, 5.74) is 1.66. The van der Waals surface area contributed by atoms with Crippen molar-refractivity contribution in [1.82, 2.24) is 0 Å². The summed E-state index contributed by atoms with van der Waals surface area (Å²) in [6, 6.07) is 22.8. The van der Waals surface area contributed by atoms with Crippen molar-refractivity contribution in [3.63, 3.8) is 0 Å². The molecule has 0 aliphatic rings. The minimum absolute atomic E-state index is 0.0165. The fraction of sp³-hybridized carbons (Fsp3) is 0.0476. The molecule has 0 bridgehead atoms. The van der Waals surface area contributed by atoms with Gasteiger partial charge in [0.1, 0.15) is 11.8 Å². The lowest BCUT2D eigenvalue weighted by Crippen LogP contribution is -2.07. The molecule has 3 aromatic rings. The first-order valence-corrected chi connectivity index (χ1v) is 7.83. The van der Waals surface area contributed by atoms with Crippen LogP contribution in [-0.2, 0) is 4.79 Å². The first-order valence-electron chi connectivity index (χ1n) is 7.83. The maximum Gasteiger partial charge on any atom is 0.248 e. The molecule has 1 amide bonds. The average Bonchev–Trinajstić information content (AvgIpc) is 2.66. The molecule has 122 valence electrons. The van der Waals surface area contributed by atoms with Gasteiger partial charge in [0, 0.05) is 17.1 Å². The van der Waals surface area contributed by atoms with Gasteiger partial charge in [-0.25, -0.2) is 0 Å². The monoisotopic (exact) mass is 328 g/mol. The highest BCUT2D eigenvalue weighted by molar-refractivity contribution is 6.07. The Morgan fingerprint density at radius 1 is 1.04 bits per heavy atom. The lowest BCUT2D eigenvalue weighted by molar-refractivity contribution is -0.111. The van der Waals surface area contributed by atoms with Gasteiger partial charge in [0.25, 0.3) is 0 Å². The number of rotatable bonds is 5. The maximum absolute atomic E-state index is 12.2. The Balaban J connectivity index is 1.67. The van der Waals surface area contributed by atoms with E-state index in [1.54, 1.807) is 18.2 Å². The third kappa shape index (κ3) is 4.24. The van der Waals surface area contributed by atoms with E-state index in [9.17, 15) is 4.79 Å². The van der Waals surface area contributed by atoms with Gasteiger partial charge >= 0.3 is 0 Å². The molecule has 0 aliphatic heterocycles. The van der Waals surface area contributed by atoms with Crippen LogP contribution in [0.3, 0.4) is 0 Å². The Morgan fingerprint density at radius 3 is 2.60 bits per heavy atom. The van der Waals surface area contributed by atoms with E-state index in [1.807, 2.05) is 60.7 Å². The predicted octanol–water partition coefficient (Wildman–Crippen LogP) is 4.39. The van der Waals surface area contributed by atoms with E-state index < -0.39 is 0 Å². The second-order valence-corrected chi connectivity index (χ2v) is 5.37. The Hall–Kier alpha value is -3.58. The van der Waals surface area contributed by atoms with Gasteiger partial charge in [-0.05, 0) is 35.2 Å². The molecule has 0 atom stereocenters. The Labute approximate surface area is 146 Å². The summed E-state index contributed by atoms with van der Waals surface area (Å²) < 4.78 is 5.19. The summed E-state index contributed by atoms with van der Waals surface area (Å²) in [4.78, 5) is 12.2. The SMILES string of the molecule is N#CCOc1ccc(/C=C/C(=O)Nc2cccc3ccccc23)cc1. The molecule has 4 nitrogen and oxygen atoms in total. The third-order valence-electron chi connectivity index (χ3n) is 3.66. The van der Waals surface area contributed by atoms with E-state index >= 15 is 0 Å². The van der Waals surface area contributed by atoms with Crippen LogP contribution in [0.15, 0.2) is 72.8 Å². The molecule has 0 saturated heterocycles. The number of hydrogen-bond donors (Lipinski definition) is 1. The highest BCUT2D eigenvalue weighted by atomic mass is 16.5. The van der Waals surface area contributed by atoms with Gasteiger partial charge in [0.05, 0.1) is 0 Å². The van der Waals surface area contributed by atoms with Crippen LogP contribution in [0.4, 0.5) is 5.69 Å². The lowest BCUT2D eigenvalue weighted by atomic mass is 10.1. The van der Waals surface area contributed by atoms with Crippen LogP contribution < -0.4 is 10.1 Å². The number of carbonyl (C=O) groups is 1. The first-order chi connectivity index (χ1) is 12.3. The highest BCUT2D eigenvalue weighted by Crippen LogP contribution is 2.23. The summed E-state index contributed by atoms with van der Waals surface area (Å²) >= 11 is 0. The maximum atomic E-state index is 12.2. The molecule has 3 aromatic carbocycles. The number of carbonyl (C=O) groups excluding carboxylic acids is 1. The molecule has 0 saturated carbocycles. The summed E-state index contributed by atoms with van der Waals surface area (Å²) in [7, 11) is 0. The lowest BCUT2D eigenvalue weighted by Gasteiger charge is -2.06. The summed E-state index contributed by atoms with van der Waals surface area (Å²) in [5, 5.41) is 13.5. The van der Waals surface area contributed by atoms with E-state index in [2.05, 4.69) is 5.32 Å². The molecule has 0 spiro atoms. The quantitative estimate of drug-likeness (QED) is 0.706. The zero-order chi connectivity index (χ0) is 17.5. The molecule has 4 heteroatoms. The highest BCUT2D eigenvalue weighted by Gasteiger charge is 2.02. The van der Waals surface area contributed by atoms with Crippen LogP contribution in [-0.4, -0.2) is 12.5 Å². The number of nitriles is 1. The second-order valence-electron chi connectivity index (χ2n) is 5.37. The van der Waals surface area contributed by atoms with Crippen molar-refractivity contribution in [2.45, 2.75) is 0 Å². The van der Waals surface area contributed by atoms with Gasteiger partial charge in [-0.3, -0.25) is 4.79 Å². The summed E-state index contributed by atoms with van der Waals surface area (Å²) in [5.74, 6) is 0.431. The summed E-state index contributed by atoms with van der Waals surface area (Å²) in [6.45, 7) is 0.0165. The van der Waals surface area contributed by atoms with Crippen molar-refractivity contribution in [2.75, 3.05) is 11.9 Å². The van der Waals surface area contributed by atoms with Gasteiger partial charge in [-0.15, -0.1) is 0 Å². The van der Waals surface area contributed by atoms with Crippen LogP contribution >= 0.6 is 0 Å². The third-order valence-corrected chi connectivity index (χ3v) is 3.66. The number of hydrogen-bond acceptors (Lipinski definition) is 3. The average molecular weight is 328 g/mol. The van der Waals surface area contributed by atoms with Crippen molar-refractivity contribution < 1.29 is 9.53 Å². The van der Waals surface area contributed by atoms with Gasteiger partial charge in [0.2, 0.25) is 5.91 Å². The topological polar surface area (TPSA) is 62.1 Å². The molecule has 25 heavy (non-hydrogen) atoms. The van der Waals surface area contributed by atoms with Gasteiger partial charge in [-0.2, -0.15) is 5.26 Å². The van der Waals surface area contributed by atoms with Crippen molar-refractivity contribution in [3.8, 4) is 11.8 Å². The van der Waals surface area contributed by atoms with Gasteiger partial charge < -0.3 is 10.1 Å². The van der Waals surface area contributed by atoms with E-state index in [1.165, 1.54) is 6.08 Å². The van der Waals surface area contributed by atoms with Crippen LogP contribution in [0.5, 0.6) is 5.75 Å². The van der Waals surface area contributed by atoms with Crippen molar-refractivity contribution >= 4 is 28.4 Å². The minimum Gasteiger partial charge on any atom is -0.479 e. The van der Waals surface area contributed by atoms with E-state index in [4.69, 9.17) is 10.00 Å². The molecule has 0 unspecified atom stereocenters. The standard InChI is InChI=1S/C21H16N2O2/c22-14-15-25-18-11-8-16(9-12-18)10-13-21(24)23-20-7-3-5-17-4-1-2-6-19(17)20/h1-13H,15H2,(H,23,24)/b13-10+. The second kappa shape index (κ2) is 7.80.